The molecule has 0 unspecified atom stereocenters. The number of nitrogens with one attached hydrogen (secondary N) is 2. The van der Waals surface area contributed by atoms with Crippen molar-refractivity contribution < 1.29 is 22.0 Å². The molecular weight excluding hydrogens is 446 g/mol. The van der Waals surface area contributed by atoms with E-state index in [-0.39, 0.29) is 39.6 Å². The normalized spacial score (nSPS) is 14.8. The highest BCUT2D eigenvalue weighted by Gasteiger charge is 2.26. The van der Waals surface area contributed by atoms with Gasteiger partial charge >= 0.3 is 0 Å². The molecular formula is C22H19ClF2N2O3S. The second-order valence-electron chi connectivity index (χ2n) is 6.94. The smallest absolute Gasteiger partial charge is 0.265 e. The van der Waals surface area contributed by atoms with Gasteiger partial charge in [-0.25, -0.2) is 21.9 Å². The van der Waals surface area contributed by atoms with Crippen LogP contribution in [0.15, 0.2) is 64.6 Å². The second kappa shape index (κ2) is 9.11. The molecule has 0 saturated heterocycles. The van der Waals surface area contributed by atoms with Crippen molar-refractivity contribution in [1.82, 2.24) is 4.72 Å². The first-order valence-corrected chi connectivity index (χ1v) is 11.3. The van der Waals surface area contributed by atoms with E-state index < -0.39 is 27.6 Å². The number of amides is 1. The highest BCUT2D eigenvalue weighted by atomic mass is 35.5. The molecule has 9 heteroatoms. The number of halogens is 3. The van der Waals surface area contributed by atoms with E-state index in [0.29, 0.717) is 17.6 Å². The van der Waals surface area contributed by atoms with Crippen LogP contribution in [0.4, 0.5) is 8.78 Å². The average Bonchev–Trinajstić information content (AvgIpc) is 2.85. The molecule has 0 aromatic heterocycles. The lowest BCUT2D eigenvalue weighted by Crippen LogP contribution is -2.32. The summed E-state index contributed by atoms with van der Waals surface area (Å²) in [5, 5.41) is 8.33. The molecule has 0 atom stereocenters. The van der Waals surface area contributed by atoms with Crippen molar-refractivity contribution in [3.05, 3.63) is 81.9 Å². The van der Waals surface area contributed by atoms with E-state index in [1.807, 2.05) is 4.72 Å². The van der Waals surface area contributed by atoms with E-state index >= 15 is 0 Å². The fraction of sp³-hybridized carbons (Fsp3) is 0.182. The molecule has 5 nitrogen and oxygen atoms in total. The number of benzene rings is 2. The van der Waals surface area contributed by atoms with Crippen molar-refractivity contribution in [2.75, 3.05) is 0 Å². The number of hydrogen-bond donors (Lipinski definition) is 2. The zero-order valence-electron chi connectivity index (χ0n) is 16.5. The number of carbonyl (C=O) groups excluding carboxylic acids is 1. The number of carbonyl (C=O) groups is 1. The van der Waals surface area contributed by atoms with Crippen LogP contribution in [0.1, 0.15) is 31.7 Å². The number of sulfonamides is 1. The maximum atomic E-state index is 13.6. The van der Waals surface area contributed by atoms with Gasteiger partial charge in [0.1, 0.15) is 16.5 Å². The van der Waals surface area contributed by atoms with Gasteiger partial charge in [0.05, 0.1) is 5.02 Å². The predicted molar refractivity (Wildman–Crippen MR) is 115 cm³/mol. The number of hydrogen-bond acceptors (Lipinski definition) is 4. The maximum Gasteiger partial charge on any atom is 0.265 e. The van der Waals surface area contributed by atoms with Gasteiger partial charge in [0, 0.05) is 23.8 Å². The van der Waals surface area contributed by atoms with Gasteiger partial charge in [-0.3, -0.25) is 4.79 Å². The van der Waals surface area contributed by atoms with E-state index in [9.17, 15) is 22.0 Å². The second-order valence-corrected chi connectivity index (χ2v) is 8.99. The van der Waals surface area contributed by atoms with Crippen LogP contribution in [-0.2, 0) is 14.8 Å². The Kier molecular flexibility index (Phi) is 6.71. The molecule has 0 saturated carbocycles. The third kappa shape index (κ3) is 5.08. The SMILES string of the molecule is CCC1=C(C(=O)NS(=O)(=O)c2ccccc2Cl)CC=C(c2cc(F)cc(F)c2)C(=N)C1. The monoisotopic (exact) mass is 464 g/mol. The predicted octanol–water partition coefficient (Wildman–Crippen LogP) is 5.03. The topological polar surface area (TPSA) is 87.1 Å². The Morgan fingerprint density at radius 1 is 1.16 bits per heavy atom. The molecule has 1 aliphatic rings. The Bertz CT molecular complexity index is 1220. The summed E-state index contributed by atoms with van der Waals surface area (Å²) in [7, 11) is -4.21. The van der Waals surface area contributed by atoms with E-state index in [1.165, 1.54) is 24.3 Å². The lowest BCUT2D eigenvalue weighted by atomic mass is 9.96. The third-order valence-electron chi connectivity index (χ3n) is 4.88. The number of allylic oxidation sites excluding steroid dienone is 3. The summed E-state index contributed by atoms with van der Waals surface area (Å²) in [5.41, 5.74) is 1.32. The highest BCUT2D eigenvalue weighted by Crippen LogP contribution is 2.30. The highest BCUT2D eigenvalue weighted by molar-refractivity contribution is 7.90. The molecule has 162 valence electrons. The van der Waals surface area contributed by atoms with Gasteiger partial charge in [-0.1, -0.05) is 42.3 Å². The lowest BCUT2D eigenvalue weighted by molar-refractivity contribution is -0.116. The van der Waals surface area contributed by atoms with Crippen LogP contribution in [0.2, 0.25) is 5.02 Å². The summed E-state index contributed by atoms with van der Waals surface area (Å²) >= 11 is 5.95. The molecule has 0 bridgehead atoms. The van der Waals surface area contributed by atoms with Crippen molar-refractivity contribution in [3.63, 3.8) is 0 Å². The van der Waals surface area contributed by atoms with E-state index in [0.717, 1.165) is 18.2 Å². The lowest BCUT2D eigenvalue weighted by Gasteiger charge is -2.13. The van der Waals surface area contributed by atoms with Crippen LogP contribution < -0.4 is 4.72 Å². The summed E-state index contributed by atoms with van der Waals surface area (Å²) in [6.07, 6.45) is 1.96. The Balaban J connectivity index is 1.94. The van der Waals surface area contributed by atoms with Gasteiger partial charge in [-0.2, -0.15) is 0 Å². The van der Waals surface area contributed by atoms with Crippen molar-refractivity contribution in [2.24, 2.45) is 0 Å². The minimum Gasteiger partial charge on any atom is -0.304 e. The summed E-state index contributed by atoms with van der Waals surface area (Å²) in [5.74, 6) is -2.38. The van der Waals surface area contributed by atoms with Crippen molar-refractivity contribution in [3.8, 4) is 0 Å². The molecule has 0 radical (unpaired) electrons. The van der Waals surface area contributed by atoms with Crippen LogP contribution in [0.3, 0.4) is 0 Å². The van der Waals surface area contributed by atoms with E-state index in [4.69, 9.17) is 17.0 Å². The van der Waals surface area contributed by atoms with Crippen LogP contribution in [0.25, 0.3) is 5.57 Å². The molecule has 31 heavy (non-hydrogen) atoms. The molecule has 0 aliphatic heterocycles. The first-order valence-electron chi connectivity index (χ1n) is 9.39. The van der Waals surface area contributed by atoms with Crippen LogP contribution in [0.5, 0.6) is 0 Å². The summed E-state index contributed by atoms with van der Waals surface area (Å²) < 4.78 is 54.6. The molecule has 0 spiro atoms. The van der Waals surface area contributed by atoms with E-state index in [2.05, 4.69) is 0 Å². The first kappa shape index (κ1) is 22.8. The average molecular weight is 465 g/mol. The van der Waals surface area contributed by atoms with Crippen molar-refractivity contribution in [2.45, 2.75) is 31.1 Å². The minimum absolute atomic E-state index is 0.00287. The zero-order chi connectivity index (χ0) is 22.8. The van der Waals surface area contributed by atoms with Gasteiger partial charge < -0.3 is 5.41 Å². The Hall–Kier alpha value is -2.84. The Morgan fingerprint density at radius 3 is 2.42 bits per heavy atom. The Labute approximate surface area is 184 Å². The number of rotatable bonds is 5. The third-order valence-corrected chi connectivity index (χ3v) is 6.71. The van der Waals surface area contributed by atoms with Crippen LogP contribution in [-0.4, -0.2) is 20.0 Å². The van der Waals surface area contributed by atoms with Crippen molar-refractivity contribution >= 4 is 38.8 Å². The van der Waals surface area contributed by atoms with Crippen molar-refractivity contribution in [1.29, 1.82) is 5.41 Å². The minimum atomic E-state index is -4.21. The van der Waals surface area contributed by atoms with Gasteiger partial charge in [0.25, 0.3) is 15.9 Å². The molecule has 0 fully saturated rings. The fourth-order valence-electron chi connectivity index (χ4n) is 3.38. The van der Waals surface area contributed by atoms with E-state index in [1.54, 1.807) is 13.0 Å². The van der Waals surface area contributed by atoms with Gasteiger partial charge in [0.15, 0.2) is 0 Å². The van der Waals surface area contributed by atoms with Crippen LogP contribution in [0, 0.1) is 17.0 Å². The zero-order valence-corrected chi connectivity index (χ0v) is 18.1. The Morgan fingerprint density at radius 2 is 1.81 bits per heavy atom. The van der Waals surface area contributed by atoms with Gasteiger partial charge in [-0.15, -0.1) is 0 Å². The largest absolute Gasteiger partial charge is 0.304 e. The molecule has 2 N–H and O–H groups in total. The summed E-state index contributed by atoms with van der Waals surface area (Å²) in [6.45, 7) is 1.78. The molecule has 2 aromatic carbocycles. The molecule has 2 aromatic rings. The fourth-order valence-corrected chi connectivity index (χ4v) is 4.88. The standard InChI is InChI=1S/C22H19ClF2N2O3S/c1-2-13-11-20(26)17(14-9-15(24)12-16(25)10-14)7-8-18(13)22(28)27-31(29,30)21-6-4-3-5-19(21)23/h3-7,9-10,12,26H,2,8,11H2,1H3,(H,27,28). The first-order chi connectivity index (χ1) is 14.6. The summed E-state index contributed by atoms with van der Waals surface area (Å²) in [4.78, 5) is 12.6. The maximum absolute atomic E-state index is 13.6. The quantitative estimate of drug-likeness (QED) is 0.650. The molecule has 1 aliphatic carbocycles. The molecule has 3 rings (SSSR count). The molecule has 0 heterocycles. The molecule has 1 amide bonds. The summed E-state index contributed by atoms with van der Waals surface area (Å²) in [6, 6.07) is 8.70. The van der Waals surface area contributed by atoms with Gasteiger partial charge in [0.2, 0.25) is 0 Å². The van der Waals surface area contributed by atoms with Gasteiger partial charge in [-0.05, 0) is 48.2 Å². The van der Waals surface area contributed by atoms with Crippen LogP contribution >= 0.6 is 11.6 Å².